The van der Waals surface area contributed by atoms with Crippen molar-refractivity contribution in [3.63, 3.8) is 0 Å². The minimum atomic E-state index is -0.544. The van der Waals surface area contributed by atoms with Crippen LogP contribution in [0, 0.1) is 11.8 Å². The topological polar surface area (TPSA) is 76.3 Å². The van der Waals surface area contributed by atoms with Gasteiger partial charge < -0.3 is 5.73 Å². The van der Waals surface area contributed by atoms with E-state index < -0.39 is 6.03 Å². The number of ketones is 1. The normalized spacial score (nSPS) is 22.9. The third kappa shape index (κ3) is 2.81. The maximum absolute atomic E-state index is 12.4. The molecular weight excluding hydrogens is 286 g/mol. The highest BCUT2D eigenvalue weighted by molar-refractivity contribution is 7.17. The fraction of sp³-hybridized carbons (Fsp3) is 0.667. The Kier molecular flexibility index (Phi) is 3.97. The summed E-state index contributed by atoms with van der Waals surface area (Å²) in [6, 6.07) is -0.544. The predicted octanol–water partition coefficient (Wildman–Crippen LogP) is 2.98. The number of hydrogen-bond donors (Lipinski definition) is 1. The third-order valence-corrected chi connectivity index (χ3v) is 5.99. The van der Waals surface area contributed by atoms with Crippen molar-refractivity contribution in [2.75, 3.05) is 11.9 Å². The number of primary amides is 1. The molecule has 1 saturated carbocycles. The number of anilines is 1. The van der Waals surface area contributed by atoms with Crippen molar-refractivity contribution in [3.8, 4) is 0 Å². The number of hydrogen-bond acceptors (Lipinski definition) is 4. The molecular formula is C15H21N3O2S. The fourth-order valence-electron chi connectivity index (χ4n) is 3.52. The Hall–Kier alpha value is -1.43. The molecule has 0 aromatic carbocycles. The standard InChI is InChI=1S/C15H21N3O2S/c1-18(14(16)20)15-17-11-7-10(8-12(19)13(11)21-15)9-5-3-2-4-6-9/h9-10H,2-8H2,1H3,(H2,16,20). The summed E-state index contributed by atoms with van der Waals surface area (Å²) < 4.78 is 0. The van der Waals surface area contributed by atoms with Crippen LogP contribution < -0.4 is 10.6 Å². The van der Waals surface area contributed by atoms with E-state index >= 15 is 0 Å². The molecule has 1 aromatic rings. The summed E-state index contributed by atoms with van der Waals surface area (Å²) in [4.78, 5) is 30.1. The van der Waals surface area contributed by atoms with Crippen LogP contribution in [0.3, 0.4) is 0 Å². The van der Waals surface area contributed by atoms with Gasteiger partial charge in [-0.2, -0.15) is 0 Å². The zero-order chi connectivity index (χ0) is 15.0. The number of urea groups is 1. The Morgan fingerprint density at radius 1 is 1.24 bits per heavy atom. The van der Waals surface area contributed by atoms with Gasteiger partial charge in [0.15, 0.2) is 10.9 Å². The second-order valence-corrected chi connectivity index (χ2v) is 7.14. The second kappa shape index (κ2) is 5.75. The van der Waals surface area contributed by atoms with Crippen molar-refractivity contribution in [2.45, 2.75) is 44.9 Å². The van der Waals surface area contributed by atoms with Crippen LogP contribution in [0.4, 0.5) is 9.93 Å². The summed E-state index contributed by atoms with van der Waals surface area (Å²) in [5.74, 6) is 1.28. The quantitative estimate of drug-likeness (QED) is 0.912. The van der Waals surface area contributed by atoms with E-state index in [1.807, 2.05) is 0 Å². The number of Topliss-reactive ketones (excluding diaryl/α,β-unsaturated/α-hetero) is 1. The monoisotopic (exact) mass is 307 g/mol. The average molecular weight is 307 g/mol. The summed E-state index contributed by atoms with van der Waals surface area (Å²) in [7, 11) is 1.59. The summed E-state index contributed by atoms with van der Waals surface area (Å²) in [6.07, 6.45) is 7.89. The lowest BCUT2D eigenvalue weighted by Gasteiger charge is -2.31. The Bertz CT molecular complexity index is 563. The van der Waals surface area contributed by atoms with Crippen LogP contribution >= 0.6 is 11.3 Å². The zero-order valence-corrected chi connectivity index (χ0v) is 13.1. The van der Waals surface area contributed by atoms with Gasteiger partial charge in [-0.25, -0.2) is 9.78 Å². The number of nitrogens with zero attached hydrogens (tertiary/aromatic N) is 2. The molecule has 0 radical (unpaired) electrons. The molecule has 1 atom stereocenters. The van der Waals surface area contributed by atoms with E-state index in [4.69, 9.17) is 5.73 Å². The lowest BCUT2D eigenvalue weighted by molar-refractivity contribution is 0.0916. The van der Waals surface area contributed by atoms with Crippen LogP contribution in [-0.2, 0) is 6.42 Å². The number of thiazole rings is 1. The first-order valence-corrected chi connectivity index (χ1v) is 8.44. The highest BCUT2D eigenvalue weighted by Crippen LogP contribution is 2.40. The van der Waals surface area contributed by atoms with Gasteiger partial charge in [-0.05, 0) is 18.3 Å². The van der Waals surface area contributed by atoms with Crippen molar-refractivity contribution in [2.24, 2.45) is 17.6 Å². The van der Waals surface area contributed by atoms with Gasteiger partial charge in [0.25, 0.3) is 0 Å². The van der Waals surface area contributed by atoms with Crippen molar-refractivity contribution >= 4 is 28.3 Å². The molecule has 114 valence electrons. The summed E-state index contributed by atoms with van der Waals surface area (Å²) in [5, 5.41) is 0.533. The molecule has 2 amide bonds. The molecule has 0 bridgehead atoms. The molecule has 21 heavy (non-hydrogen) atoms. The fourth-order valence-corrected chi connectivity index (χ4v) is 4.53. The molecule has 3 rings (SSSR count). The lowest BCUT2D eigenvalue weighted by Crippen LogP contribution is -2.31. The minimum Gasteiger partial charge on any atom is -0.351 e. The van der Waals surface area contributed by atoms with Crippen LogP contribution in [0.2, 0.25) is 0 Å². The molecule has 0 aliphatic heterocycles. The first kappa shape index (κ1) is 14.5. The number of rotatable bonds is 2. The molecule has 2 N–H and O–H groups in total. The highest BCUT2D eigenvalue weighted by atomic mass is 32.1. The molecule has 2 aliphatic rings. The van der Waals surface area contributed by atoms with Crippen molar-refractivity contribution in [1.29, 1.82) is 0 Å². The van der Waals surface area contributed by atoms with E-state index in [1.165, 1.54) is 48.3 Å². The SMILES string of the molecule is CN(C(N)=O)c1nc2c(s1)C(=O)CC(C1CCCCC1)C2. The Morgan fingerprint density at radius 2 is 1.95 bits per heavy atom. The maximum Gasteiger partial charge on any atom is 0.320 e. The molecule has 2 aliphatic carbocycles. The second-order valence-electron chi connectivity index (χ2n) is 6.16. The van der Waals surface area contributed by atoms with Gasteiger partial charge in [-0.1, -0.05) is 43.4 Å². The van der Waals surface area contributed by atoms with Gasteiger partial charge in [-0.3, -0.25) is 9.69 Å². The molecule has 0 saturated heterocycles. The van der Waals surface area contributed by atoms with E-state index in [1.54, 1.807) is 7.05 Å². The summed E-state index contributed by atoms with van der Waals surface area (Å²) in [6.45, 7) is 0. The summed E-state index contributed by atoms with van der Waals surface area (Å²) >= 11 is 1.29. The van der Waals surface area contributed by atoms with Crippen LogP contribution in [0.1, 0.15) is 53.9 Å². The van der Waals surface area contributed by atoms with Gasteiger partial charge >= 0.3 is 6.03 Å². The summed E-state index contributed by atoms with van der Waals surface area (Å²) in [5.41, 5.74) is 6.14. The molecule has 6 heteroatoms. The smallest absolute Gasteiger partial charge is 0.320 e. The molecule has 5 nitrogen and oxygen atoms in total. The van der Waals surface area contributed by atoms with E-state index in [-0.39, 0.29) is 5.78 Å². The lowest BCUT2D eigenvalue weighted by atomic mass is 9.74. The van der Waals surface area contributed by atoms with Crippen molar-refractivity contribution in [3.05, 3.63) is 10.6 Å². The van der Waals surface area contributed by atoms with E-state index in [0.717, 1.165) is 17.0 Å². The molecule has 1 fully saturated rings. The molecule has 0 spiro atoms. The number of nitrogens with two attached hydrogens (primary N) is 1. The van der Waals surface area contributed by atoms with Crippen molar-refractivity contribution in [1.82, 2.24) is 4.98 Å². The van der Waals surface area contributed by atoms with Crippen LogP contribution in [0.5, 0.6) is 0 Å². The van der Waals surface area contributed by atoms with Gasteiger partial charge in [0.05, 0.1) is 10.6 Å². The zero-order valence-electron chi connectivity index (χ0n) is 12.3. The molecule has 1 unspecified atom stereocenters. The molecule has 1 aromatic heterocycles. The maximum atomic E-state index is 12.4. The number of carbonyl (C=O) groups excluding carboxylic acids is 2. The number of aromatic nitrogens is 1. The van der Waals surface area contributed by atoms with Gasteiger partial charge in [-0.15, -0.1) is 0 Å². The van der Waals surface area contributed by atoms with E-state index in [2.05, 4.69) is 4.98 Å². The van der Waals surface area contributed by atoms with Crippen LogP contribution in [0.15, 0.2) is 0 Å². The van der Waals surface area contributed by atoms with E-state index in [0.29, 0.717) is 23.4 Å². The van der Waals surface area contributed by atoms with Gasteiger partial charge in [0.1, 0.15) is 0 Å². The van der Waals surface area contributed by atoms with E-state index in [9.17, 15) is 9.59 Å². The molecule has 1 heterocycles. The minimum absolute atomic E-state index is 0.188. The first-order chi connectivity index (χ1) is 10.1. The largest absolute Gasteiger partial charge is 0.351 e. The van der Waals surface area contributed by atoms with Crippen molar-refractivity contribution < 1.29 is 9.59 Å². The van der Waals surface area contributed by atoms with Crippen LogP contribution in [0.25, 0.3) is 0 Å². The third-order valence-electron chi connectivity index (χ3n) is 4.78. The number of fused-ring (bicyclic) bond motifs is 1. The van der Waals surface area contributed by atoms with Gasteiger partial charge in [0, 0.05) is 13.5 Å². The number of carbonyl (C=O) groups is 2. The highest BCUT2D eigenvalue weighted by Gasteiger charge is 2.34. The van der Waals surface area contributed by atoms with Gasteiger partial charge in [0.2, 0.25) is 0 Å². The Morgan fingerprint density at radius 3 is 2.62 bits per heavy atom. The average Bonchev–Trinajstić information content (AvgIpc) is 2.91. The predicted molar refractivity (Wildman–Crippen MR) is 82.8 cm³/mol. The Labute approximate surface area is 128 Å². The van der Waals surface area contributed by atoms with Crippen LogP contribution in [-0.4, -0.2) is 23.8 Å². The first-order valence-electron chi connectivity index (χ1n) is 7.62. The number of amides is 2. The Balaban J connectivity index is 1.81.